The Balaban J connectivity index is 1.34. The molecule has 2 aromatic carbocycles. The standard InChI is InChI=1S/C23H27N5O3/c1-26(2)22(30)16-6-5-7-17(14-16)24-21(29)15-27-12-10-18(11-13-27)28-20-9-4-3-8-19(20)25-23(28)31/h3-9,14,18H,10-13,15H2,1-2H3,(H,24,29)(H,25,31). The summed E-state index contributed by atoms with van der Waals surface area (Å²) in [6.07, 6.45) is 1.61. The molecule has 2 heterocycles. The zero-order valence-corrected chi connectivity index (χ0v) is 17.8. The van der Waals surface area contributed by atoms with Crippen LogP contribution in [0.4, 0.5) is 5.69 Å². The van der Waals surface area contributed by atoms with Crippen molar-refractivity contribution in [3.63, 3.8) is 0 Å². The highest BCUT2D eigenvalue weighted by Gasteiger charge is 2.24. The third kappa shape index (κ3) is 4.54. The molecular formula is C23H27N5O3. The Bertz CT molecular complexity index is 1160. The summed E-state index contributed by atoms with van der Waals surface area (Å²) >= 11 is 0. The molecule has 0 atom stereocenters. The lowest BCUT2D eigenvalue weighted by molar-refractivity contribution is -0.117. The summed E-state index contributed by atoms with van der Waals surface area (Å²) in [6.45, 7) is 1.76. The smallest absolute Gasteiger partial charge is 0.326 e. The van der Waals surface area contributed by atoms with Gasteiger partial charge in [0.2, 0.25) is 5.91 Å². The van der Waals surface area contributed by atoms with E-state index in [1.54, 1.807) is 38.4 Å². The number of H-pyrrole nitrogens is 1. The van der Waals surface area contributed by atoms with Crippen LogP contribution >= 0.6 is 0 Å². The summed E-state index contributed by atoms with van der Waals surface area (Å²) in [6, 6.07) is 14.8. The van der Waals surface area contributed by atoms with Crippen LogP contribution in [0.5, 0.6) is 0 Å². The Morgan fingerprint density at radius 2 is 1.84 bits per heavy atom. The summed E-state index contributed by atoms with van der Waals surface area (Å²) in [4.78, 5) is 43.6. The Morgan fingerprint density at radius 3 is 2.58 bits per heavy atom. The van der Waals surface area contributed by atoms with Gasteiger partial charge in [-0.05, 0) is 43.2 Å². The molecule has 0 aliphatic carbocycles. The van der Waals surface area contributed by atoms with Crippen LogP contribution in [0, 0.1) is 0 Å². The second-order valence-corrected chi connectivity index (χ2v) is 8.15. The number of nitrogens with one attached hydrogen (secondary N) is 2. The number of piperidine rings is 1. The summed E-state index contributed by atoms with van der Waals surface area (Å²) < 4.78 is 1.85. The van der Waals surface area contributed by atoms with Gasteiger partial charge in [-0.15, -0.1) is 0 Å². The number of aromatic nitrogens is 2. The zero-order valence-electron chi connectivity index (χ0n) is 17.8. The second-order valence-electron chi connectivity index (χ2n) is 8.15. The maximum Gasteiger partial charge on any atom is 0.326 e. The molecule has 162 valence electrons. The maximum atomic E-state index is 12.5. The molecule has 1 aliphatic rings. The molecule has 0 spiro atoms. The van der Waals surface area contributed by atoms with Crippen molar-refractivity contribution in [1.29, 1.82) is 0 Å². The summed E-state index contributed by atoms with van der Waals surface area (Å²) in [5.74, 6) is -0.220. The van der Waals surface area contributed by atoms with Gasteiger partial charge in [0.1, 0.15) is 0 Å². The van der Waals surface area contributed by atoms with Gasteiger partial charge in [0.15, 0.2) is 0 Å². The average molecular weight is 422 g/mol. The lowest BCUT2D eigenvalue weighted by Gasteiger charge is -2.32. The van der Waals surface area contributed by atoms with Gasteiger partial charge < -0.3 is 15.2 Å². The predicted octanol–water partition coefficient (Wildman–Crippen LogP) is 2.31. The fraction of sp³-hybridized carbons (Fsp3) is 0.348. The monoisotopic (exact) mass is 421 g/mol. The Labute approximate surface area is 180 Å². The van der Waals surface area contributed by atoms with Crippen molar-refractivity contribution in [2.75, 3.05) is 39.0 Å². The van der Waals surface area contributed by atoms with Gasteiger partial charge in [-0.1, -0.05) is 18.2 Å². The topological polar surface area (TPSA) is 90.4 Å². The predicted molar refractivity (Wildman–Crippen MR) is 120 cm³/mol. The molecular weight excluding hydrogens is 394 g/mol. The number of para-hydroxylation sites is 2. The van der Waals surface area contributed by atoms with E-state index >= 15 is 0 Å². The van der Waals surface area contributed by atoms with Gasteiger partial charge in [-0.2, -0.15) is 0 Å². The van der Waals surface area contributed by atoms with E-state index in [2.05, 4.69) is 15.2 Å². The number of amides is 2. The maximum absolute atomic E-state index is 12.5. The van der Waals surface area contributed by atoms with E-state index in [-0.39, 0.29) is 30.1 Å². The van der Waals surface area contributed by atoms with Crippen molar-refractivity contribution in [2.24, 2.45) is 0 Å². The minimum Gasteiger partial charge on any atom is -0.345 e. The number of nitrogens with zero attached hydrogens (tertiary/aromatic N) is 3. The molecule has 2 N–H and O–H groups in total. The number of imidazole rings is 1. The fourth-order valence-electron chi connectivity index (χ4n) is 4.16. The first-order valence-electron chi connectivity index (χ1n) is 10.5. The van der Waals surface area contributed by atoms with Crippen LogP contribution in [-0.4, -0.2) is 64.9 Å². The van der Waals surface area contributed by atoms with Crippen molar-refractivity contribution < 1.29 is 9.59 Å². The van der Waals surface area contributed by atoms with E-state index in [4.69, 9.17) is 0 Å². The molecule has 31 heavy (non-hydrogen) atoms. The molecule has 1 aromatic heterocycles. The molecule has 8 heteroatoms. The zero-order chi connectivity index (χ0) is 22.0. The number of fused-ring (bicyclic) bond motifs is 1. The van der Waals surface area contributed by atoms with Crippen LogP contribution in [0.3, 0.4) is 0 Å². The van der Waals surface area contributed by atoms with Crippen molar-refractivity contribution in [2.45, 2.75) is 18.9 Å². The van der Waals surface area contributed by atoms with E-state index in [1.807, 2.05) is 28.8 Å². The Hall–Kier alpha value is -3.39. The highest BCUT2D eigenvalue weighted by Crippen LogP contribution is 2.24. The first-order chi connectivity index (χ1) is 14.9. The van der Waals surface area contributed by atoms with Gasteiger partial charge in [0, 0.05) is 44.5 Å². The molecule has 1 fully saturated rings. The van der Waals surface area contributed by atoms with Gasteiger partial charge in [-0.3, -0.25) is 19.1 Å². The minimum atomic E-state index is -0.114. The number of benzene rings is 2. The molecule has 1 aliphatic heterocycles. The molecule has 4 rings (SSSR count). The van der Waals surface area contributed by atoms with Crippen LogP contribution in [0.15, 0.2) is 53.3 Å². The first kappa shape index (κ1) is 20.9. The van der Waals surface area contributed by atoms with Gasteiger partial charge in [0.25, 0.3) is 5.91 Å². The average Bonchev–Trinajstić information content (AvgIpc) is 3.09. The Morgan fingerprint density at radius 1 is 1.10 bits per heavy atom. The van der Waals surface area contributed by atoms with Crippen LogP contribution in [-0.2, 0) is 4.79 Å². The van der Waals surface area contributed by atoms with E-state index in [0.717, 1.165) is 37.0 Å². The number of carbonyl (C=O) groups excluding carboxylic acids is 2. The van der Waals surface area contributed by atoms with Gasteiger partial charge in [-0.25, -0.2) is 4.79 Å². The highest BCUT2D eigenvalue weighted by molar-refractivity contribution is 5.97. The molecule has 0 radical (unpaired) electrons. The summed E-state index contributed by atoms with van der Waals surface area (Å²) in [7, 11) is 3.39. The Kier molecular flexibility index (Phi) is 5.90. The molecule has 8 nitrogen and oxygen atoms in total. The van der Waals surface area contributed by atoms with Crippen LogP contribution in [0.25, 0.3) is 11.0 Å². The molecule has 0 saturated carbocycles. The molecule has 0 unspecified atom stereocenters. The van der Waals surface area contributed by atoms with Crippen LogP contribution in [0.2, 0.25) is 0 Å². The quantitative estimate of drug-likeness (QED) is 0.662. The lowest BCUT2D eigenvalue weighted by Crippen LogP contribution is -2.41. The highest BCUT2D eigenvalue weighted by atomic mass is 16.2. The van der Waals surface area contributed by atoms with Crippen molar-refractivity contribution in [3.05, 3.63) is 64.6 Å². The third-order valence-electron chi connectivity index (χ3n) is 5.71. The molecule has 3 aromatic rings. The summed E-state index contributed by atoms with van der Waals surface area (Å²) in [5.41, 5.74) is 2.84. The molecule has 1 saturated heterocycles. The third-order valence-corrected chi connectivity index (χ3v) is 5.71. The number of hydrogen-bond donors (Lipinski definition) is 2. The number of carbonyl (C=O) groups is 2. The summed E-state index contributed by atoms with van der Waals surface area (Å²) in [5, 5.41) is 2.88. The van der Waals surface area contributed by atoms with E-state index < -0.39 is 0 Å². The van der Waals surface area contributed by atoms with Crippen LogP contribution < -0.4 is 11.0 Å². The lowest BCUT2D eigenvalue weighted by atomic mass is 10.0. The largest absolute Gasteiger partial charge is 0.345 e. The number of rotatable bonds is 5. The number of hydrogen-bond acceptors (Lipinski definition) is 4. The van der Waals surface area contributed by atoms with E-state index in [0.29, 0.717) is 11.3 Å². The molecule has 2 amide bonds. The fourth-order valence-corrected chi connectivity index (χ4v) is 4.16. The van der Waals surface area contributed by atoms with Crippen LogP contribution in [0.1, 0.15) is 29.2 Å². The molecule has 0 bridgehead atoms. The van der Waals surface area contributed by atoms with Crippen molar-refractivity contribution in [3.8, 4) is 0 Å². The SMILES string of the molecule is CN(C)C(=O)c1cccc(NC(=O)CN2CCC(n3c(=O)[nH]c4ccccc43)CC2)c1. The van der Waals surface area contributed by atoms with E-state index in [1.165, 1.54) is 4.90 Å². The number of aromatic amines is 1. The minimum absolute atomic E-state index is 0.0791. The number of likely N-dealkylation sites (tertiary alicyclic amines) is 1. The van der Waals surface area contributed by atoms with Crippen molar-refractivity contribution >= 4 is 28.5 Å². The normalized spacial score (nSPS) is 15.2. The van der Waals surface area contributed by atoms with Crippen molar-refractivity contribution in [1.82, 2.24) is 19.4 Å². The van der Waals surface area contributed by atoms with E-state index in [9.17, 15) is 14.4 Å². The van der Waals surface area contributed by atoms with Gasteiger partial charge >= 0.3 is 5.69 Å². The van der Waals surface area contributed by atoms with Gasteiger partial charge in [0.05, 0.1) is 17.6 Å². The second kappa shape index (κ2) is 8.77. The first-order valence-corrected chi connectivity index (χ1v) is 10.5. The number of anilines is 1.